The standard InChI is InChI=1S/C20H19ClN4O2/c21-15-8-9-16-17(12-15)22-18(23-19(16)25-10-2-1-3-11-25)13-4-6-14(7-5-13)20(26)24-27/h4-9,12,27H,1-3,10-11H2,(H,24,26). The van der Waals surface area contributed by atoms with E-state index in [2.05, 4.69) is 9.88 Å². The monoisotopic (exact) mass is 382 g/mol. The van der Waals surface area contributed by atoms with Gasteiger partial charge in [0.15, 0.2) is 5.82 Å². The van der Waals surface area contributed by atoms with Crippen molar-refractivity contribution in [2.24, 2.45) is 0 Å². The molecule has 0 atom stereocenters. The predicted molar refractivity (Wildman–Crippen MR) is 105 cm³/mol. The van der Waals surface area contributed by atoms with Crippen LogP contribution in [0.1, 0.15) is 29.6 Å². The summed E-state index contributed by atoms with van der Waals surface area (Å²) in [6.07, 6.45) is 3.55. The van der Waals surface area contributed by atoms with E-state index in [1.54, 1.807) is 29.7 Å². The van der Waals surface area contributed by atoms with E-state index in [1.165, 1.54) is 6.42 Å². The zero-order valence-corrected chi connectivity index (χ0v) is 15.4. The maximum Gasteiger partial charge on any atom is 0.274 e. The summed E-state index contributed by atoms with van der Waals surface area (Å²) in [5.41, 5.74) is 3.59. The van der Waals surface area contributed by atoms with E-state index in [4.69, 9.17) is 21.8 Å². The van der Waals surface area contributed by atoms with Gasteiger partial charge in [0.1, 0.15) is 5.82 Å². The SMILES string of the molecule is O=C(NO)c1ccc(-c2nc(N3CCCCC3)c3ccc(Cl)cc3n2)cc1. The minimum absolute atomic E-state index is 0.362. The number of aromatic nitrogens is 2. The Balaban J connectivity index is 1.81. The number of hydrogen-bond acceptors (Lipinski definition) is 5. The van der Waals surface area contributed by atoms with Crippen LogP contribution in [0, 0.1) is 0 Å². The lowest BCUT2D eigenvalue weighted by molar-refractivity contribution is 0.0706. The second-order valence-corrected chi connectivity index (χ2v) is 7.03. The first-order valence-electron chi connectivity index (χ1n) is 8.93. The number of piperidine rings is 1. The third-order valence-corrected chi connectivity index (χ3v) is 5.04. The van der Waals surface area contributed by atoms with Gasteiger partial charge in [-0.15, -0.1) is 0 Å². The van der Waals surface area contributed by atoms with E-state index in [0.29, 0.717) is 16.4 Å². The van der Waals surface area contributed by atoms with Crippen LogP contribution in [-0.2, 0) is 0 Å². The highest BCUT2D eigenvalue weighted by molar-refractivity contribution is 6.31. The van der Waals surface area contributed by atoms with Crippen LogP contribution >= 0.6 is 11.6 Å². The number of rotatable bonds is 3. The number of nitrogens with one attached hydrogen (secondary N) is 1. The van der Waals surface area contributed by atoms with Crippen molar-refractivity contribution in [2.75, 3.05) is 18.0 Å². The molecule has 6 nitrogen and oxygen atoms in total. The molecule has 1 saturated heterocycles. The Hall–Kier alpha value is -2.70. The van der Waals surface area contributed by atoms with Crippen LogP contribution in [0.25, 0.3) is 22.3 Å². The van der Waals surface area contributed by atoms with Crippen molar-refractivity contribution in [3.63, 3.8) is 0 Å². The van der Waals surface area contributed by atoms with Crippen LogP contribution in [0.3, 0.4) is 0 Å². The van der Waals surface area contributed by atoms with E-state index < -0.39 is 5.91 Å². The number of nitrogens with zero attached hydrogens (tertiary/aromatic N) is 3. The van der Waals surface area contributed by atoms with Crippen molar-refractivity contribution in [1.82, 2.24) is 15.4 Å². The third kappa shape index (κ3) is 3.59. The summed E-state index contributed by atoms with van der Waals surface area (Å²) in [5, 5.41) is 10.4. The van der Waals surface area contributed by atoms with Gasteiger partial charge in [0.05, 0.1) is 5.52 Å². The zero-order chi connectivity index (χ0) is 18.8. The van der Waals surface area contributed by atoms with Crippen LogP contribution < -0.4 is 10.4 Å². The van der Waals surface area contributed by atoms with Crippen LogP contribution in [0.2, 0.25) is 5.02 Å². The summed E-state index contributed by atoms with van der Waals surface area (Å²) >= 11 is 6.18. The van der Waals surface area contributed by atoms with Gasteiger partial charge >= 0.3 is 0 Å². The highest BCUT2D eigenvalue weighted by Gasteiger charge is 2.18. The van der Waals surface area contributed by atoms with E-state index >= 15 is 0 Å². The Labute approximate surface area is 161 Å². The highest BCUT2D eigenvalue weighted by atomic mass is 35.5. The quantitative estimate of drug-likeness (QED) is 0.527. The second-order valence-electron chi connectivity index (χ2n) is 6.60. The number of hydroxylamine groups is 1. The summed E-state index contributed by atoms with van der Waals surface area (Å²) in [7, 11) is 0. The minimum Gasteiger partial charge on any atom is -0.356 e. The van der Waals surface area contributed by atoms with Gasteiger partial charge in [0.25, 0.3) is 5.91 Å². The lowest BCUT2D eigenvalue weighted by atomic mass is 10.1. The van der Waals surface area contributed by atoms with Crippen molar-refractivity contribution < 1.29 is 10.0 Å². The molecule has 0 unspecified atom stereocenters. The van der Waals surface area contributed by atoms with Crippen molar-refractivity contribution in [3.05, 3.63) is 53.1 Å². The molecule has 1 fully saturated rings. The molecule has 4 rings (SSSR count). The van der Waals surface area contributed by atoms with Crippen molar-refractivity contribution in [3.8, 4) is 11.4 Å². The number of carbonyl (C=O) groups excluding carboxylic acids is 1. The maximum absolute atomic E-state index is 11.5. The normalized spacial score (nSPS) is 14.4. The van der Waals surface area contributed by atoms with E-state index in [0.717, 1.165) is 48.2 Å². The fourth-order valence-corrected chi connectivity index (χ4v) is 3.56. The van der Waals surface area contributed by atoms with Gasteiger partial charge in [0, 0.05) is 34.6 Å². The topological polar surface area (TPSA) is 78.3 Å². The van der Waals surface area contributed by atoms with Crippen molar-refractivity contribution in [1.29, 1.82) is 0 Å². The minimum atomic E-state index is -0.554. The highest BCUT2D eigenvalue weighted by Crippen LogP contribution is 2.31. The average molecular weight is 383 g/mol. The molecule has 2 aromatic carbocycles. The molecule has 2 heterocycles. The maximum atomic E-state index is 11.5. The summed E-state index contributed by atoms with van der Waals surface area (Å²) in [6.45, 7) is 1.95. The van der Waals surface area contributed by atoms with Crippen LogP contribution in [0.4, 0.5) is 5.82 Å². The molecular weight excluding hydrogens is 364 g/mol. The molecular formula is C20H19ClN4O2. The van der Waals surface area contributed by atoms with Gasteiger partial charge in [0.2, 0.25) is 0 Å². The summed E-state index contributed by atoms with van der Waals surface area (Å²) < 4.78 is 0. The first-order valence-corrected chi connectivity index (χ1v) is 9.30. The third-order valence-electron chi connectivity index (χ3n) is 4.80. The fourth-order valence-electron chi connectivity index (χ4n) is 3.40. The number of hydrogen-bond donors (Lipinski definition) is 2. The molecule has 0 aliphatic carbocycles. The van der Waals surface area contributed by atoms with Gasteiger partial charge in [-0.3, -0.25) is 10.0 Å². The first-order chi connectivity index (χ1) is 13.2. The molecule has 138 valence electrons. The smallest absolute Gasteiger partial charge is 0.274 e. The van der Waals surface area contributed by atoms with Crippen molar-refractivity contribution in [2.45, 2.75) is 19.3 Å². The van der Waals surface area contributed by atoms with Crippen LogP contribution in [0.15, 0.2) is 42.5 Å². The Morgan fingerprint density at radius 1 is 1.04 bits per heavy atom. The number of amides is 1. The number of benzene rings is 2. The summed E-state index contributed by atoms with van der Waals surface area (Å²) in [4.78, 5) is 23.3. The van der Waals surface area contributed by atoms with E-state index in [9.17, 15) is 4.79 Å². The Bertz CT molecular complexity index is 985. The Morgan fingerprint density at radius 3 is 2.48 bits per heavy atom. The Morgan fingerprint density at radius 2 is 1.78 bits per heavy atom. The molecule has 0 bridgehead atoms. The molecule has 1 aromatic heterocycles. The molecule has 0 spiro atoms. The van der Waals surface area contributed by atoms with Gasteiger partial charge < -0.3 is 4.90 Å². The number of halogens is 1. The van der Waals surface area contributed by atoms with E-state index in [-0.39, 0.29) is 0 Å². The fraction of sp³-hybridized carbons (Fsp3) is 0.250. The molecule has 2 N–H and O–H groups in total. The molecule has 1 aliphatic heterocycles. The second kappa shape index (κ2) is 7.50. The summed E-state index contributed by atoms with van der Waals surface area (Å²) in [5.74, 6) is 0.951. The molecule has 7 heteroatoms. The van der Waals surface area contributed by atoms with E-state index in [1.807, 2.05) is 18.2 Å². The predicted octanol–water partition coefficient (Wildman–Crippen LogP) is 4.06. The van der Waals surface area contributed by atoms with Crippen LogP contribution in [0.5, 0.6) is 0 Å². The molecule has 1 amide bonds. The molecule has 1 aliphatic rings. The molecule has 3 aromatic rings. The number of fused-ring (bicyclic) bond motifs is 1. The molecule has 0 radical (unpaired) electrons. The zero-order valence-electron chi connectivity index (χ0n) is 14.7. The largest absolute Gasteiger partial charge is 0.356 e. The Kier molecular flexibility index (Phi) is 4.92. The lowest BCUT2D eigenvalue weighted by Gasteiger charge is -2.29. The first kappa shape index (κ1) is 17.7. The summed E-state index contributed by atoms with van der Waals surface area (Å²) in [6, 6.07) is 12.5. The molecule has 0 saturated carbocycles. The van der Waals surface area contributed by atoms with Crippen molar-refractivity contribution >= 4 is 34.2 Å². The van der Waals surface area contributed by atoms with Gasteiger partial charge in [-0.1, -0.05) is 23.7 Å². The number of anilines is 1. The van der Waals surface area contributed by atoms with Gasteiger partial charge in [-0.05, 0) is 49.6 Å². The average Bonchev–Trinajstić information content (AvgIpc) is 2.73. The van der Waals surface area contributed by atoms with Gasteiger partial charge in [-0.2, -0.15) is 0 Å². The van der Waals surface area contributed by atoms with Gasteiger partial charge in [-0.25, -0.2) is 15.4 Å². The van der Waals surface area contributed by atoms with Crippen LogP contribution in [-0.4, -0.2) is 34.2 Å². The molecule has 27 heavy (non-hydrogen) atoms. The number of carbonyl (C=O) groups is 1. The lowest BCUT2D eigenvalue weighted by Crippen LogP contribution is -2.30.